The average molecular weight is 364 g/mol. The highest BCUT2D eigenvalue weighted by Gasteiger charge is 2.10. The molecule has 0 aliphatic carbocycles. The number of aromatic nitrogens is 2. The number of ether oxygens (including phenoxy) is 2. The number of nitrogens with zero attached hydrogens (tertiary/aromatic N) is 2. The maximum atomic E-state index is 5.34. The van der Waals surface area contributed by atoms with Gasteiger partial charge < -0.3 is 9.47 Å². The predicted molar refractivity (Wildman–Crippen MR) is 107 cm³/mol. The van der Waals surface area contributed by atoms with Crippen LogP contribution in [0.1, 0.15) is 0 Å². The van der Waals surface area contributed by atoms with E-state index < -0.39 is 0 Å². The number of hydrogen-bond acceptors (Lipinski definition) is 5. The van der Waals surface area contributed by atoms with Crippen molar-refractivity contribution in [3.05, 3.63) is 67.3 Å². The molecule has 132 valence electrons. The first-order valence-electron chi connectivity index (χ1n) is 8.15. The molecule has 0 radical (unpaired) electrons. The summed E-state index contributed by atoms with van der Waals surface area (Å²) < 4.78 is 10.6. The molecule has 3 rings (SSSR count). The van der Waals surface area contributed by atoms with Crippen molar-refractivity contribution in [2.45, 2.75) is 5.16 Å². The Kier molecular flexibility index (Phi) is 5.92. The van der Waals surface area contributed by atoms with E-state index in [9.17, 15) is 0 Å². The number of benzene rings is 2. The topological polar surface area (TPSA) is 44.2 Å². The molecule has 1 aromatic heterocycles. The Morgan fingerprint density at radius 1 is 0.885 bits per heavy atom. The highest BCUT2D eigenvalue weighted by Crippen LogP contribution is 2.29. The van der Waals surface area contributed by atoms with Gasteiger partial charge in [0.25, 0.3) is 0 Å². The number of methoxy groups -OCH3 is 2. The second kappa shape index (κ2) is 8.54. The summed E-state index contributed by atoms with van der Waals surface area (Å²) in [6, 6.07) is 17.7. The minimum atomic E-state index is 0.719. The summed E-state index contributed by atoms with van der Waals surface area (Å²) in [5.74, 6) is 2.37. The molecule has 0 amide bonds. The lowest BCUT2D eigenvalue weighted by molar-refractivity contribution is 0.415. The van der Waals surface area contributed by atoms with E-state index in [0.717, 1.165) is 44.9 Å². The van der Waals surface area contributed by atoms with Gasteiger partial charge in [-0.05, 0) is 42.5 Å². The van der Waals surface area contributed by atoms with Crippen LogP contribution in [0, 0.1) is 0 Å². The molecule has 0 fully saturated rings. The zero-order chi connectivity index (χ0) is 18.4. The Bertz CT molecular complexity index is 895. The first-order valence-corrected chi connectivity index (χ1v) is 9.13. The summed E-state index contributed by atoms with van der Waals surface area (Å²) in [4.78, 5) is 9.40. The van der Waals surface area contributed by atoms with Crippen molar-refractivity contribution in [1.29, 1.82) is 0 Å². The lowest BCUT2D eigenvalue weighted by Crippen LogP contribution is -1.95. The quantitative estimate of drug-likeness (QED) is 0.331. The van der Waals surface area contributed by atoms with Crippen LogP contribution in [0.15, 0.2) is 72.4 Å². The van der Waals surface area contributed by atoms with E-state index in [0.29, 0.717) is 0 Å². The van der Waals surface area contributed by atoms with Gasteiger partial charge in [-0.1, -0.05) is 30.0 Å². The summed E-state index contributed by atoms with van der Waals surface area (Å²) in [6.07, 6.45) is 1.85. The van der Waals surface area contributed by atoms with Crippen molar-refractivity contribution in [3.63, 3.8) is 0 Å². The highest BCUT2D eigenvalue weighted by molar-refractivity contribution is 7.99. The Labute approximate surface area is 157 Å². The summed E-state index contributed by atoms with van der Waals surface area (Å²) in [6.45, 7) is 3.77. The summed E-state index contributed by atoms with van der Waals surface area (Å²) in [5, 5.41) is 0.719. The van der Waals surface area contributed by atoms with Gasteiger partial charge in [0.2, 0.25) is 0 Å². The van der Waals surface area contributed by atoms with Gasteiger partial charge in [0, 0.05) is 16.9 Å². The van der Waals surface area contributed by atoms with E-state index >= 15 is 0 Å². The Morgan fingerprint density at radius 3 is 2.23 bits per heavy atom. The maximum Gasteiger partial charge on any atom is 0.188 e. The molecule has 0 spiro atoms. The van der Waals surface area contributed by atoms with E-state index in [2.05, 4.69) is 6.58 Å². The minimum Gasteiger partial charge on any atom is -0.497 e. The molecule has 2 aromatic carbocycles. The SMILES string of the molecule is C=CCSc1nc(-c2ccc(OC)cc2)cc(-c2cccc(OC)c2)n1. The fraction of sp³-hybridized carbons (Fsp3) is 0.143. The highest BCUT2D eigenvalue weighted by atomic mass is 32.2. The van der Waals surface area contributed by atoms with Crippen molar-refractivity contribution in [2.75, 3.05) is 20.0 Å². The standard InChI is InChI=1S/C21H20N2O2S/c1-4-12-26-21-22-19(15-8-10-17(24-2)11-9-15)14-20(23-21)16-6-5-7-18(13-16)25-3/h4-11,13-14H,1,12H2,2-3H3. The van der Waals surface area contributed by atoms with Crippen LogP contribution < -0.4 is 9.47 Å². The van der Waals surface area contributed by atoms with Crippen molar-refractivity contribution in [1.82, 2.24) is 9.97 Å². The van der Waals surface area contributed by atoms with E-state index in [4.69, 9.17) is 19.4 Å². The molecule has 0 unspecified atom stereocenters. The molecule has 0 N–H and O–H groups in total. The second-order valence-corrected chi connectivity index (χ2v) is 6.47. The minimum absolute atomic E-state index is 0.719. The van der Waals surface area contributed by atoms with Gasteiger partial charge in [-0.25, -0.2) is 9.97 Å². The first-order chi connectivity index (χ1) is 12.7. The third-order valence-electron chi connectivity index (χ3n) is 3.79. The zero-order valence-corrected chi connectivity index (χ0v) is 15.6. The normalized spacial score (nSPS) is 10.4. The predicted octanol–water partition coefficient (Wildman–Crippen LogP) is 5.11. The molecule has 4 nitrogen and oxygen atoms in total. The third kappa shape index (κ3) is 4.24. The van der Waals surface area contributed by atoms with Crippen LogP contribution in [-0.2, 0) is 0 Å². The Morgan fingerprint density at radius 2 is 1.58 bits per heavy atom. The van der Waals surface area contributed by atoms with Crippen LogP contribution in [0.2, 0.25) is 0 Å². The van der Waals surface area contributed by atoms with Gasteiger partial charge >= 0.3 is 0 Å². The molecule has 0 atom stereocenters. The van der Waals surface area contributed by atoms with Crippen LogP contribution in [0.4, 0.5) is 0 Å². The molecular formula is C21H20N2O2S. The Balaban J connectivity index is 2.06. The largest absolute Gasteiger partial charge is 0.497 e. The lowest BCUT2D eigenvalue weighted by Gasteiger charge is -2.09. The van der Waals surface area contributed by atoms with Gasteiger partial charge in [0.15, 0.2) is 5.16 Å². The molecule has 0 aliphatic heterocycles. The maximum absolute atomic E-state index is 5.34. The monoisotopic (exact) mass is 364 g/mol. The summed E-state index contributed by atoms with van der Waals surface area (Å²) in [5.41, 5.74) is 3.73. The summed E-state index contributed by atoms with van der Waals surface area (Å²) in [7, 11) is 3.32. The smallest absolute Gasteiger partial charge is 0.188 e. The van der Waals surface area contributed by atoms with E-state index in [1.54, 1.807) is 26.0 Å². The average Bonchev–Trinajstić information content (AvgIpc) is 2.72. The Hall–Kier alpha value is -2.79. The fourth-order valence-corrected chi connectivity index (χ4v) is 3.06. The molecule has 0 saturated carbocycles. The molecule has 1 heterocycles. The van der Waals surface area contributed by atoms with Crippen molar-refractivity contribution >= 4 is 11.8 Å². The van der Waals surface area contributed by atoms with E-state index in [-0.39, 0.29) is 0 Å². The molecule has 3 aromatic rings. The lowest BCUT2D eigenvalue weighted by atomic mass is 10.1. The van der Waals surface area contributed by atoms with Gasteiger partial charge in [0.1, 0.15) is 11.5 Å². The number of thioether (sulfide) groups is 1. The van der Waals surface area contributed by atoms with Crippen molar-refractivity contribution in [3.8, 4) is 34.0 Å². The second-order valence-electron chi connectivity index (χ2n) is 5.48. The third-order valence-corrected chi connectivity index (χ3v) is 4.63. The number of rotatable bonds is 7. The molecular weight excluding hydrogens is 344 g/mol. The van der Waals surface area contributed by atoms with Crippen LogP contribution in [0.25, 0.3) is 22.5 Å². The van der Waals surface area contributed by atoms with Crippen LogP contribution >= 0.6 is 11.8 Å². The van der Waals surface area contributed by atoms with Gasteiger partial charge in [0.05, 0.1) is 25.6 Å². The van der Waals surface area contributed by atoms with Crippen LogP contribution in [-0.4, -0.2) is 29.9 Å². The van der Waals surface area contributed by atoms with Gasteiger partial charge in [-0.15, -0.1) is 6.58 Å². The van der Waals surface area contributed by atoms with Crippen LogP contribution in [0.3, 0.4) is 0 Å². The fourth-order valence-electron chi connectivity index (χ4n) is 2.46. The molecule has 0 saturated heterocycles. The summed E-state index contributed by atoms with van der Waals surface area (Å²) >= 11 is 1.56. The van der Waals surface area contributed by atoms with Gasteiger partial charge in [-0.3, -0.25) is 0 Å². The van der Waals surface area contributed by atoms with Gasteiger partial charge in [-0.2, -0.15) is 0 Å². The molecule has 0 aliphatic rings. The number of hydrogen-bond donors (Lipinski definition) is 0. The molecule has 0 bridgehead atoms. The first kappa shape index (κ1) is 18.0. The zero-order valence-electron chi connectivity index (χ0n) is 14.8. The van der Waals surface area contributed by atoms with Crippen molar-refractivity contribution in [2.24, 2.45) is 0 Å². The van der Waals surface area contributed by atoms with Crippen LogP contribution in [0.5, 0.6) is 11.5 Å². The van der Waals surface area contributed by atoms with Crippen molar-refractivity contribution < 1.29 is 9.47 Å². The van der Waals surface area contributed by atoms with E-state index in [1.165, 1.54) is 0 Å². The van der Waals surface area contributed by atoms with E-state index in [1.807, 2.05) is 60.7 Å². The molecule has 5 heteroatoms. The molecule has 26 heavy (non-hydrogen) atoms.